The molecule has 1 aliphatic rings. The summed E-state index contributed by atoms with van der Waals surface area (Å²) in [6, 6.07) is 0. The quantitative estimate of drug-likeness (QED) is 0.632. The predicted molar refractivity (Wildman–Crippen MR) is 63.1 cm³/mol. The van der Waals surface area contributed by atoms with Gasteiger partial charge in [-0.05, 0) is 31.2 Å². The third kappa shape index (κ3) is 2.23. The first-order chi connectivity index (χ1) is 8.11. The number of aromatic nitrogens is 1. The Bertz CT molecular complexity index is 440. The van der Waals surface area contributed by atoms with Crippen molar-refractivity contribution in [3.8, 4) is 5.88 Å². The maximum Gasteiger partial charge on any atom is 0.333 e. The summed E-state index contributed by atoms with van der Waals surface area (Å²) in [7, 11) is 0. The molecule has 1 aromatic heterocycles. The van der Waals surface area contributed by atoms with Crippen molar-refractivity contribution < 1.29 is 10.0 Å². The Labute approximate surface area is 99.6 Å². The Kier molecular flexibility index (Phi) is 3.26. The SMILES string of the molecule is Cc1c(C2CCCCC2)cnc(O)c1[N+](=O)[O-]. The zero-order chi connectivity index (χ0) is 12.4. The molecule has 0 bridgehead atoms. The van der Waals surface area contributed by atoms with Crippen LogP contribution >= 0.6 is 0 Å². The van der Waals surface area contributed by atoms with Crippen molar-refractivity contribution in [3.05, 3.63) is 27.4 Å². The van der Waals surface area contributed by atoms with Crippen LogP contribution in [0.25, 0.3) is 0 Å². The second kappa shape index (κ2) is 4.69. The molecule has 92 valence electrons. The van der Waals surface area contributed by atoms with E-state index in [0.717, 1.165) is 18.4 Å². The van der Waals surface area contributed by atoms with Crippen LogP contribution in [0.2, 0.25) is 0 Å². The van der Waals surface area contributed by atoms with Gasteiger partial charge >= 0.3 is 5.69 Å². The van der Waals surface area contributed by atoms with E-state index in [2.05, 4.69) is 4.98 Å². The summed E-state index contributed by atoms with van der Waals surface area (Å²) in [5, 5.41) is 20.3. The molecule has 0 unspecified atom stereocenters. The smallest absolute Gasteiger partial charge is 0.333 e. The van der Waals surface area contributed by atoms with Gasteiger partial charge < -0.3 is 5.11 Å². The van der Waals surface area contributed by atoms with E-state index in [0.29, 0.717) is 11.5 Å². The molecule has 0 saturated heterocycles. The molecule has 0 aromatic carbocycles. The molecular weight excluding hydrogens is 220 g/mol. The van der Waals surface area contributed by atoms with E-state index in [1.54, 1.807) is 13.1 Å². The van der Waals surface area contributed by atoms with Gasteiger partial charge in [0.1, 0.15) is 0 Å². The van der Waals surface area contributed by atoms with Gasteiger partial charge in [0.25, 0.3) is 5.88 Å². The van der Waals surface area contributed by atoms with Gasteiger partial charge in [0.15, 0.2) is 0 Å². The third-order valence-corrected chi connectivity index (χ3v) is 3.55. The number of aromatic hydroxyl groups is 1. The van der Waals surface area contributed by atoms with Crippen LogP contribution in [-0.2, 0) is 0 Å². The summed E-state index contributed by atoms with van der Waals surface area (Å²) in [5.74, 6) is -0.123. The van der Waals surface area contributed by atoms with E-state index in [1.165, 1.54) is 19.3 Å². The minimum Gasteiger partial charge on any atom is -0.488 e. The number of rotatable bonds is 2. The van der Waals surface area contributed by atoms with Gasteiger partial charge in [-0.25, -0.2) is 4.98 Å². The fraction of sp³-hybridized carbons (Fsp3) is 0.583. The summed E-state index contributed by atoms with van der Waals surface area (Å²) < 4.78 is 0. The summed E-state index contributed by atoms with van der Waals surface area (Å²) >= 11 is 0. The van der Waals surface area contributed by atoms with Gasteiger partial charge in [-0.3, -0.25) is 10.1 Å². The van der Waals surface area contributed by atoms with E-state index in [9.17, 15) is 15.2 Å². The normalized spacial score (nSPS) is 17.0. The lowest BCUT2D eigenvalue weighted by Crippen LogP contribution is -2.08. The van der Waals surface area contributed by atoms with Crippen LogP contribution in [0.15, 0.2) is 6.20 Å². The van der Waals surface area contributed by atoms with E-state index in [1.807, 2.05) is 0 Å². The number of nitro groups is 1. The highest BCUT2D eigenvalue weighted by Gasteiger charge is 2.26. The van der Waals surface area contributed by atoms with Crippen LogP contribution in [0.5, 0.6) is 5.88 Å². The molecule has 0 atom stereocenters. The van der Waals surface area contributed by atoms with Gasteiger partial charge in [-0.2, -0.15) is 0 Å². The van der Waals surface area contributed by atoms with Crippen LogP contribution in [-0.4, -0.2) is 15.0 Å². The molecule has 1 heterocycles. The lowest BCUT2D eigenvalue weighted by molar-refractivity contribution is -0.386. The van der Waals surface area contributed by atoms with Gasteiger partial charge in [-0.1, -0.05) is 19.3 Å². The van der Waals surface area contributed by atoms with E-state index in [4.69, 9.17) is 0 Å². The summed E-state index contributed by atoms with van der Waals surface area (Å²) in [6.45, 7) is 1.70. The number of hydrogen-bond donors (Lipinski definition) is 1. The topological polar surface area (TPSA) is 76.3 Å². The molecule has 0 spiro atoms. The first-order valence-electron chi connectivity index (χ1n) is 5.94. The average Bonchev–Trinajstić information content (AvgIpc) is 2.30. The largest absolute Gasteiger partial charge is 0.488 e. The fourth-order valence-electron chi connectivity index (χ4n) is 2.64. The average molecular weight is 236 g/mol. The molecule has 1 fully saturated rings. The highest BCUT2D eigenvalue weighted by molar-refractivity contribution is 5.51. The van der Waals surface area contributed by atoms with Crippen molar-refractivity contribution in [2.24, 2.45) is 0 Å². The van der Waals surface area contributed by atoms with E-state index in [-0.39, 0.29) is 5.69 Å². The summed E-state index contributed by atoms with van der Waals surface area (Å²) in [4.78, 5) is 14.1. The van der Waals surface area contributed by atoms with Crippen molar-refractivity contribution in [1.82, 2.24) is 4.98 Å². The van der Waals surface area contributed by atoms with Crippen molar-refractivity contribution in [2.75, 3.05) is 0 Å². The first-order valence-corrected chi connectivity index (χ1v) is 5.94. The molecule has 1 aliphatic carbocycles. The minimum atomic E-state index is -0.552. The maximum absolute atomic E-state index is 10.9. The highest BCUT2D eigenvalue weighted by Crippen LogP contribution is 2.38. The number of hydrogen-bond acceptors (Lipinski definition) is 4. The van der Waals surface area contributed by atoms with Crippen LogP contribution in [0.3, 0.4) is 0 Å². The molecule has 2 rings (SSSR count). The van der Waals surface area contributed by atoms with Crippen molar-refractivity contribution in [1.29, 1.82) is 0 Å². The zero-order valence-corrected chi connectivity index (χ0v) is 9.85. The Morgan fingerprint density at radius 3 is 2.65 bits per heavy atom. The Hall–Kier alpha value is -1.65. The molecule has 1 N–H and O–H groups in total. The van der Waals surface area contributed by atoms with Gasteiger partial charge in [0.05, 0.1) is 4.92 Å². The van der Waals surface area contributed by atoms with Crippen LogP contribution in [0.4, 0.5) is 5.69 Å². The molecule has 17 heavy (non-hydrogen) atoms. The van der Waals surface area contributed by atoms with Crippen molar-refractivity contribution in [2.45, 2.75) is 44.9 Å². The molecule has 1 aromatic rings. The molecule has 5 nitrogen and oxygen atoms in total. The number of nitrogens with zero attached hydrogens (tertiary/aromatic N) is 2. The zero-order valence-electron chi connectivity index (χ0n) is 9.85. The third-order valence-electron chi connectivity index (χ3n) is 3.55. The lowest BCUT2D eigenvalue weighted by Gasteiger charge is -2.23. The molecule has 5 heteroatoms. The molecule has 0 aliphatic heterocycles. The second-order valence-electron chi connectivity index (χ2n) is 4.60. The molecule has 0 amide bonds. The van der Waals surface area contributed by atoms with Crippen LogP contribution in [0.1, 0.15) is 49.1 Å². The predicted octanol–water partition coefficient (Wildman–Crippen LogP) is 3.05. The first kappa shape index (κ1) is 11.8. The van der Waals surface area contributed by atoms with Crippen LogP contribution < -0.4 is 0 Å². The van der Waals surface area contributed by atoms with Gasteiger partial charge in [0.2, 0.25) is 0 Å². The minimum absolute atomic E-state index is 0.243. The molecule has 1 saturated carbocycles. The van der Waals surface area contributed by atoms with Crippen molar-refractivity contribution >= 4 is 5.69 Å². The summed E-state index contributed by atoms with van der Waals surface area (Å²) in [5.41, 5.74) is 1.25. The monoisotopic (exact) mass is 236 g/mol. The van der Waals surface area contributed by atoms with E-state index >= 15 is 0 Å². The Morgan fingerprint density at radius 1 is 1.41 bits per heavy atom. The van der Waals surface area contributed by atoms with Gasteiger partial charge in [0, 0.05) is 11.8 Å². The number of pyridine rings is 1. The molecule has 0 radical (unpaired) electrons. The fourth-order valence-corrected chi connectivity index (χ4v) is 2.64. The Balaban J connectivity index is 2.41. The second-order valence-corrected chi connectivity index (χ2v) is 4.60. The maximum atomic E-state index is 10.9. The standard InChI is InChI=1S/C12H16N2O3/c1-8-10(9-5-3-2-4-6-9)7-13-12(15)11(8)14(16)17/h7,9H,2-6H2,1H3,(H,13,15). The Morgan fingerprint density at radius 2 is 2.06 bits per heavy atom. The lowest BCUT2D eigenvalue weighted by atomic mass is 9.83. The molecular formula is C12H16N2O3. The van der Waals surface area contributed by atoms with Gasteiger partial charge in [-0.15, -0.1) is 0 Å². The van der Waals surface area contributed by atoms with Crippen molar-refractivity contribution in [3.63, 3.8) is 0 Å². The van der Waals surface area contributed by atoms with Crippen LogP contribution in [0, 0.1) is 17.0 Å². The summed E-state index contributed by atoms with van der Waals surface area (Å²) in [6.07, 6.45) is 7.28. The highest BCUT2D eigenvalue weighted by atomic mass is 16.6. The van der Waals surface area contributed by atoms with E-state index < -0.39 is 10.8 Å².